The lowest BCUT2D eigenvalue weighted by molar-refractivity contribution is 0.0561. The minimum absolute atomic E-state index is 0.128. The van der Waals surface area contributed by atoms with E-state index in [0.717, 1.165) is 12.2 Å². The quantitative estimate of drug-likeness (QED) is 0.782. The van der Waals surface area contributed by atoms with Gasteiger partial charge in [0.05, 0.1) is 13.2 Å². The first kappa shape index (κ1) is 12.8. The van der Waals surface area contributed by atoms with Crippen LogP contribution in [-0.4, -0.2) is 20.1 Å². The molecule has 0 aliphatic carbocycles. The summed E-state index contributed by atoms with van der Waals surface area (Å²) in [7, 11) is 3.23. The van der Waals surface area contributed by atoms with Gasteiger partial charge in [0.1, 0.15) is 5.76 Å². The van der Waals surface area contributed by atoms with Crippen LogP contribution in [0.4, 0.5) is 0 Å². The van der Waals surface area contributed by atoms with Crippen molar-refractivity contribution in [2.45, 2.75) is 26.3 Å². The average molecular weight is 225 g/mol. The fourth-order valence-corrected chi connectivity index (χ4v) is 1.67. The molecule has 1 N–H and O–H groups in total. The number of esters is 1. The van der Waals surface area contributed by atoms with Gasteiger partial charge in [0.2, 0.25) is 5.76 Å². The number of carbonyl (C=O) groups is 1. The van der Waals surface area contributed by atoms with Crippen molar-refractivity contribution in [3.63, 3.8) is 0 Å². The topological polar surface area (TPSA) is 51.5 Å². The van der Waals surface area contributed by atoms with Gasteiger partial charge in [0.25, 0.3) is 0 Å². The third-order valence-corrected chi connectivity index (χ3v) is 2.84. The lowest BCUT2D eigenvalue weighted by Gasteiger charge is -2.19. The van der Waals surface area contributed by atoms with Crippen LogP contribution in [0.1, 0.15) is 42.6 Å². The van der Waals surface area contributed by atoms with Crippen LogP contribution in [0.25, 0.3) is 0 Å². The number of hydrogen-bond acceptors (Lipinski definition) is 4. The van der Waals surface area contributed by atoms with E-state index in [-0.39, 0.29) is 11.8 Å². The van der Waals surface area contributed by atoms with Gasteiger partial charge >= 0.3 is 5.97 Å². The van der Waals surface area contributed by atoms with Gasteiger partial charge in [-0.3, -0.25) is 0 Å². The third kappa shape index (κ3) is 2.64. The summed E-state index contributed by atoms with van der Waals surface area (Å²) >= 11 is 0. The van der Waals surface area contributed by atoms with Crippen molar-refractivity contribution in [1.29, 1.82) is 0 Å². The van der Waals surface area contributed by atoms with Crippen LogP contribution < -0.4 is 5.32 Å². The van der Waals surface area contributed by atoms with Gasteiger partial charge in [-0.25, -0.2) is 4.79 Å². The van der Waals surface area contributed by atoms with Crippen molar-refractivity contribution in [3.8, 4) is 0 Å². The highest BCUT2D eigenvalue weighted by molar-refractivity contribution is 5.86. The molecule has 1 aromatic heterocycles. The highest BCUT2D eigenvalue weighted by Gasteiger charge is 2.21. The van der Waals surface area contributed by atoms with E-state index in [2.05, 4.69) is 23.9 Å². The second-order valence-electron chi connectivity index (χ2n) is 3.85. The van der Waals surface area contributed by atoms with E-state index in [0.29, 0.717) is 5.92 Å². The summed E-state index contributed by atoms with van der Waals surface area (Å²) in [6, 6.07) is 3.59. The van der Waals surface area contributed by atoms with Crippen LogP contribution in [0.3, 0.4) is 0 Å². The van der Waals surface area contributed by atoms with Crippen LogP contribution >= 0.6 is 0 Å². The molecular weight excluding hydrogens is 206 g/mol. The number of carbonyl (C=O) groups excluding carboxylic acids is 1. The fourth-order valence-electron chi connectivity index (χ4n) is 1.67. The van der Waals surface area contributed by atoms with Gasteiger partial charge < -0.3 is 14.5 Å². The smallest absolute Gasteiger partial charge is 0.373 e. The van der Waals surface area contributed by atoms with Crippen molar-refractivity contribution in [1.82, 2.24) is 5.32 Å². The zero-order valence-electron chi connectivity index (χ0n) is 10.2. The van der Waals surface area contributed by atoms with Crippen molar-refractivity contribution in [2.24, 2.45) is 5.92 Å². The largest absolute Gasteiger partial charge is 0.463 e. The molecule has 2 atom stereocenters. The molecule has 0 saturated heterocycles. The van der Waals surface area contributed by atoms with E-state index in [4.69, 9.17) is 4.42 Å². The lowest BCUT2D eigenvalue weighted by atomic mass is 9.97. The number of furan rings is 1. The third-order valence-electron chi connectivity index (χ3n) is 2.84. The Kier molecular flexibility index (Phi) is 4.55. The number of ether oxygens (including phenoxy) is 1. The standard InChI is InChI=1S/C12H19NO3/c1-5-8(2)11(13-3)9-6-7-10(16-9)12(14)15-4/h6-8,11,13H,5H2,1-4H3. The van der Waals surface area contributed by atoms with Gasteiger partial charge in [0.15, 0.2) is 0 Å². The van der Waals surface area contributed by atoms with Gasteiger partial charge in [-0.2, -0.15) is 0 Å². The van der Waals surface area contributed by atoms with Gasteiger partial charge in [-0.05, 0) is 25.1 Å². The molecule has 4 heteroatoms. The number of rotatable bonds is 5. The van der Waals surface area contributed by atoms with E-state index >= 15 is 0 Å². The van der Waals surface area contributed by atoms with Gasteiger partial charge in [-0.15, -0.1) is 0 Å². The van der Waals surface area contributed by atoms with Crippen molar-refractivity contribution < 1.29 is 13.9 Å². The molecule has 0 aliphatic rings. The summed E-state index contributed by atoms with van der Waals surface area (Å²) in [5.74, 6) is 1.03. The number of hydrogen-bond donors (Lipinski definition) is 1. The summed E-state index contributed by atoms with van der Waals surface area (Å²) in [6.45, 7) is 4.26. The van der Waals surface area contributed by atoms with Crippen LogP contribution in [-0.2, 0) is 4.74 Å². The van der Waals surface area contributed by atoms with Crippen LogP contribution in [0, 0.1) is 5.92 Å². The molecule has 1 heterocycles. The van der Waals surface area contributed by atoms with Crippen LogP contribution in [0.2, 0.25) is 0 Å². The summed E-state index contributed by atoms with van der Waals surface area (Å²) in [5, 5.41) is 3.19. The Labute approximate surface area is 96.0 Å². The second-order valence-corrected chi connectivity index (χ2v) is 3.85. The number of nitrogens with one attached hydrogen (secondary N) is 1. The molecule has 1 aromatic rings. The predicted octanol–water partition coefficient (Wildman–Crippen LogP) is 2.37. The Balaban J connectivity index is 2.86. The first-order valence-electron chi connectivity index (χ1n) is 5.49. The van der Waals surface area contributed by atoms with E-state index in [1.807, 2.05) is 13.1 Å². The van der Waals surface area contributed by atoms with Crippen LogP contribution in [0.15, 0.2) is 16.5 Å². The van der Waals surface area contributed by atoms with Crippen molar-refractivity contribution in [2.75, 3.05) is 14.2 Å². The molecule has 0 aliphatic heterocycles. The van der Waals surface area contributed by atoms with Crippen molar-refractivity contribution >= 4 is 5.97 Å². The first-order chi connectivity index (χ1) is 7.63. The molecule has 0 radical (unpaired) electrons. The van der Waals surface area contributed by atoms with E-state index in [1.165, 1.54) is 7.11 Å². The van der Waals surface area contributed by atoms with E-state index in [9.17, 15) is 4.79 Å². The highest BCUT2D eigenvalue weighted by atomic mass is 16.5. The molecule has 16 heavy (non-hydrogen) atoms. The molecule has 0 amide bonds. The maximum Gasteiger partial charge on any atom is 0.373 e. The molecule has 0 spiro atoms. The van der Waals surface area contributed by atoms with Gasteiger partial charge in [0, 0.05) is 0 Å². The minimum atomic E-state index is -0.440. The molecule has 1 rings (SSSR count). The summed E-state index contributed by atoms with van der Waals surface area (Å²) in [4.78, 5) is 11.2. The molecule has 0 fully saturated rings. The maximum atomic E-state index is 11.2. The van der Waals surface area contributed by atoms with Gasteiger partial charge in [-0.1, -0.05) is 20.3 Å². The van der Waals surface area contributed by atoms with Crippen LogP contribution in [0.5, 0.6) is 0 Å². The molecule has 4 nitrogen and oxygen atoms in total. The lowest BCUT2D eigenvalue weighted by Crippen LogP contribution is -2.22. The highest BCUT2D eigenvalue weighted by Crippen LogP contribution is 2.25. The monoisotopic (exact) mass is 225 g/mol. The first-order valence-corrected chi connectivity index (χ1v) is 5.49. The molecule has 0 bridgehead atoms. The summed E-state index contributed by atoms with van der Waals surface area (Å²) in [5.41, 5.74) is 0. The molecular formula is C12H19NO3. The molecule has 2 unspecified atom stereocenters. The molecule has 0 saturated carbocycles. The van der Waals surface area contributed by atoms with Crippen molar-refractivity contribution in [3.05, 3.63) is 23.7 Å². The Morgan fingerprint density at radius 3 is 2.75 bits per heavy atom. The minimum Gasteiger partial charge on any atom is -0.463 e. The Morgan fingerprint density at radius 1 is 1.56 bits per heavy atom. The Bertz CT molecular complexity index is 346. The maximum absolute atomic E-state index is 11.2. The molecule has 90 valence electrons. The van der Waals surface area contributed by atoms with E-state index in [1.54, 1.807) is 6.07 Å². The average Bonchev–Trinajstić information content (AvgIpc) is 2.78. The second kappa shape index (κ2) is 5.70. The SMILES string of the molecule is CCC(C)C(NC)c1ccc(C(=O)OC)o1. The summed E-state index contributed by atoms with van der Waals surface area (Å²) in [6.07, 6.45) is 1.04. The number of methoxy groups -OCH3 is 1. The van der Waals surface area contributed by atoms with E-state index < -0.39 is 5.97 Å². The summed E-state index contributed by atoms with van der Waals surface area (Å²) < 4.78 is 10.1. The Morgan fingerprint density at radius 2 is 2.25 bits per heavy atom. The Hall–Kier alpha value is -1.29. The fraction of sp³-hybridized carbons (Fsp3) is 0.583. The molecule has 0 aromatic carbocycles. The zero-order valence-corrected chi connectivity index (χ0v) is 10.2. The zero-order chi connectivity index (χ0) is 12.1. The predicted molar refractivity (Wildman–Crippen MR) is 61.3 cm³/mol. The normalized spacial score (nSPS) is 14.5.